The van der Waals surface area contributed by atoms with E-state index < -0.39 is 41.2 Å². The molecule has 2 heterocycles. The van der Waals surface area contributed by atoms with Crippen LogP contribution < -0.4 is 16.0 Å². The molecule has 11 heteroatoms. The van der Waals surface area contributed by atoms with Crippen LogP contribution in [0.5, 0.6) is 5.75 Å². The van der Waals surface area contributed by atoms with E-state index in [1.807, 2.05) is 0 Å². The average molecular weight is 436 g/mol. The van der Waals surface area contributed by atoms with E-state index in [1.54, 1.807) is 24.3 Å². The lowest BCUT2D eigenvalue weighted by molar-refractivity contribution is -0.141. The molecule has 0 N–H and O–H groups in total. The molecule has 1 amide bonds. The van der Waals surface area contributed by atoms with Gasteiger partial charge in [0.25, 0.3) is 5.56 Å². The molecule has 0 bridgehead atoms. The fraction of sp³-hybridized carbons (Fsp3) is 0.300. The van der Waals surface area contributed by atoms with Crippen molar-refractivity contribution >= 4 is 16.9 Å². The SMILES string of the molecule is COc1ccccc1CN(C)C(=O)Cn1c(=O)c2ccc(C(F)(F)F)nc2n(C)c1=O. The van der Waals surface area contributed by atoms with Crippen molar-refractivity contribution < 1.29 is 22.7 Å². The lowest BCUT2D eigenvalue weighted by Gasteiger charge is -2.19. The summed E-state index contributed by atoms with van der Waals surface area (Å²) in [5.74, 6) is 0.0387. The normalized spacial score (nSPS) is 11.5. The molecule has 0 spiro atoms. The number of aromatic nitrogens is 3. The van der Waals surface area contributed by atoms with Gasteiger partial charge in [-0.1, -0.05) is 18.2 Å². The number of pyridine rings is 1. The number of fused-ring (bicyclic) bond motifs is 1. The number of carbonyl (C=O) groups is 1. The number of hydrogen-bond acceptors (Lipinski definition) is 5. The number of rotatable bonds is 5. The third-order valence-electron chi connectivity index (χ3n) is 4.80. The highest BCUT2D eigenvalue weighted by Gasteiger charge is 2.33. The first-order valence-corrected chi connectivity index (χ1v) is 9.08. The number of alkyl halides is 3. The summed E-state index contributed by atoms with van der Waals surface area (Å²) < 4.78 is 45.5. The molecule has 0 fully saturated rings. The quantitative estimate of drug-likeness (QED) is 0.609. The van der Waals surface area contributed by atoms with Crippen LogP contribution in [0.3, 0.4) is 0 Å². The number of methoxy groups -OCH3 is 1. The Balaban J connectivity index is 1.95. The summed E-state index contributed by atoms with van der Waals surface area (Å²) in [5.41, 5.74) is -2.74. The molecule has 0 atom stereocenters. The molecular weight excluding hydrogens is 417 g/mol. The zero-order chi connectivity index (χ0) is 22.9. The maximum absolute atomic E-state index is 12.9. The first-order chi connectivity index (χ1) is 14.5. The van der Waals surface area contributed by atoms with Gasteiger partial charge >= 0.3 is 11.9 Å². The van der Waals surface area contributed by atoms with Gasteiger partial charge in [-0.2, -0.15) is 13.2 Å². The van der Waals surface area contributed by atoms with Crippen molar-refractivity contribution in [3.05, 3.63) is 68.5 Å². The molecule has 0 radical (unpaired) electrons. The highest BCUT2D eigenvalue weighted by molar-refractivity contribution is 5.77. The number of carbonyl (C=O) groups excluding carboxylic acids is 1. The van der Waals surface area contributed by atoms with Gasteiger partial charge in [-0.25, -0.2) is 9.78 Å². The van der Waals surface area contributed by atoms with E-state index in [4.69, 9.17) is 4.74 Å². The van der Waals surface area contributed by atoms with Crippen molar-refractivity contribution in [1.82, 2.24) is 19.0 Å². The lowest BCUT2D eigenvalue weighted by atomic mass is 10.2. The molecule has 164 valence electrons. The van der Waals surface area contributed by atoms with E-state index in [-0.39, 0.29) is 11.9 Å². The second-order valence-electron chi connectivity index (χ2n) is 6.86. The van der Waals surface area contributed by atoms with Crippen LogP contribution in [-0.2, 0) is 31.1 Å². The fourth-order valence-electron chi connectivity index (χ4n) is 3.11. The Bertz CT molecular complexity index is 1260. The Kier molecular flexibility index (Phi) is 5.87. The molecule has 0 aliphatic rings. The second kappa shape index (κ2) is 8.25. The van der Waals surface area contributed by atoms with Crippen molar-refractivity contribution in [3.63, 3.8) is 0 Å². The van der Waals surface area contributed by atoms with E-state index >= 15 is 0 Å². The number of amides is 1. The fourth-order valence-corrected chi connectivity index (χ4v) is 3.11. The molecule has 0 unspecified atom stereocenters. The van der Waals surface area contributed by atoms with Crippen LogP contribution >= 0.6 is 0 Å². The van der Waals surface area contributed by atoms with Crippen molar-refractivity contribution in [2.45, 2.75) is 19.3 Å². The van der Waals surface area contributed by atoms with E-state index in [9.17, 15) is 27.6 Å². The van der Waals surface area contributed by atoms with Crippen molar-refractivity contribution in [1.29, 1.82) is 0 Å². The summed E-state index contributed by atoms with van der Waals surface area (Å²) >= 11 is 0. The monoisotopic (exact) mass is 436 g/mol. The van der Waals surface area contributed by atoms with Crippen LogP contribution in [0, 0.1) is 0 Å². The highest BCUT2D eigenvalue weighted by Crippen LogP contribution is 2.28. The molecule has 3 rings (SSSR count). The molecule has 0 aliphatic carbocycles. The summed E-state index contributed by atoms with van der Waals surface area (Å²) in [6.45, 7) is -0.407. The standard InChI is InChI=1S/C20H19F3N4O4/c1-25(10-12-6-4-5-7-14(12)31-3)16(28)11-27-18(29)13-8-9-15(20(21,22)23)24-17(13)26(2)19(27)30/h4-9H,10-11H2,1-3H3. The number of nitrogens with zero attached hydrogens (tertiary/aromatic N) is 4. The van der Waals surface area contributed by atoms with Gasteiger partial charge in [0.05, 0.1) is 12.5 Å². The number of halogens is 3. The maximum atomic E-state index is 12.9. The van der Waals surface area contributed by atoms with E-state index in [1.165, 1.54) is 26.1 Å². The van der Waals surface area contributed by atoms with Gasteiger partial charge in [-0.3, -0.25) is 18.7 Å². The molecule has 0 saturated heterocycles. The third-order valence-corrected chi connectivity index (χ3v) is 4.80. The summed E-state index contributed by atoms with van der Waals surface area (Å²) in [5, 5.41) is -0.199. The van der Waals surface area contributed by atoms with Crippen molar-refractivity contribution in [3.8, 4) is 5.75 Å². The van der Waals surface area contributed by atoms with Crippen LogP contribution in [0.2, 0.25) is 0 Å². The van der Waals surface area contributed by atoms with Gasteiger partial charge in [-0.15, -0.1) is 0 Å². The van der Waals surface area contributed by atoms with Gasteiger partial charge in [0, 0.05) is 26.2 Å². The molecule has 31 heavy (non-hydrogen) atoms. The molecule has 3 aromatic rings. The number of ether oxygens (including phenoxy) is 1. The van der Waals surface area contributed by atoms with E-state index in [0.29, 0.717) is 16.4 Å². The average Bonchev–Trinajstić information content (AvgIpc) is 2.74. The van der Waals surface area contributed by atoms with Crippen LogP contribution in [0.4, 0.5) is 13.2 Å². The Morgan fingerprint density at radius 1 is 1.16 bits per heavy atom. The number of benzene rings is 1. The first kappa shape index (κ1) is 22.1. The van der Waals surface area contributed by atoms with Gasteiger partial charge in [-0.05, 0) is 18.2 Å². The largest absolute Gasteiger partial charge is 0.496 e. The van der Waals surface area contributed by atoms with Crippen LogP contribution in [0.25, 0.3) is 11.0 Å². The second-order valence-corrected chi connectivity index (χ2v) is 6.86. The molecule has 1 aromatic carbocycles. The van der Waals surface area contributed by atoms with Crippen molar-refractivity contribution in [2.24, 2.45) is 7.05 Å². The minimum atomic E-state index is -4.73. The van der Waals surface area contributed by atoms with E-state index in [0.717, 1.165) is 16.2 Å². The minimum Gasteiger partial charge on any atom is -0.496 e. The van der Waals surface area contributed by atoms with Crippen LogP contribution in [0.15, 0.2) is 46.0 Å². The van der Waals surface area contributed by atoms with Gasteiger partial charge in [0.15, 0.2) is 0 Å². The predicted molar refractivity (Wildman–Crippen MR) is 106 cm³/mol. The van der Waals surface area contributed by atoms with Crippen molar-refractivity contribution in [2.75, 3.05) is 14.2 Å². The molecular formula is C20H19F3N4O4. The zero-order valence-corrected chi connectivity index (χ0v) is 16.9. The topological polar surface area (TPSA) is 86.4 Å². The Labute approximate surface area is 174 Å². The summed E-state index contributed by atoms with van der Waals surface area (Å²) in [4.78, 5) is 42.7. The molecule has 0 saturated carbocycles. The smallest absolute Gasteiger partial charge is 0.433 e. The van der Waals surface area contributed by atoms with Gasteiger partial charge < -0.3 is 9.64 Å². The number of aryl methyl sites for hydroxylation is 1. The highest BCUT2D eigenvalue weighted by atomic mass is 19.4. The summed E-state index contributed by atoms with van der Waals surface area (Å²) in [7, 11) is 4.19. The Morgan fingerprint density at radius 3 is 2.48 bits per heavy atom. The van der Waals surface area contributed by atoms with Crippen LogP contribution in [0.1, 0.15) is 11.3 Å². The summed E-state index contributed by atoms with van der Waals surface area (Å²) in [6, 6.07) is 8.68. The lowest BCUT2D eigenvalue weighted by Crippen LogP contribution is -2.43. The predicted octanol–water partition coefficient (Wildman–Crippen LogP) is 1.78. The molecule has 0 aliphatic heterocycles. The molecule has 2 aromatic heterocycles. The maximum Gasteiger partial charge on any atom is 0.433 e. The van der Waals surface area contributed by atoms with E-state index in [2.05, 4.69) is 4.98 Å². The third kappa shape index (κ3) is 4.30. The number of hydrogen-bond donors (Lipinski definition) is 0. The number of para-hydroxylation sites is 1. The van der Waals surface area contributed by atoms with Gasteiger partial charge in [0.1, 0.15) is 23.6 Å². The zero-order valence-electron chi connectivity index (χ0n) is 16.9. The first-order valence-electron chi connectivity index (χ1n) is 9.08. The number of likely N-dealkylation sites (N-methyl/N-ethyl adjacent to an activating group) is 1. The summed E-state index contributed by atoms with van der Waals surface area (Å²) in [6.07, 6.45) is -4.73. The Hall–Kier alpha value is -3.63. The minimum absolute atomic E-state index is 0.169. The van der Waals surface area contributed by atoms with Gasteiger partial charge in [0.2, 0.25) is 5.91 Å². The molecule has 8 nitrogen and oxygen atoms in total. The van der Waals surface area contributed by atoms with Crippen LogP contribution in [-0.4, -0.2) is 39.1 Å². The Morgan fingerprint density at radius 2 is 1.84 bits per heavy atom.